The van der Waals surface area contributed by atoms with Crippen LogP contribution >= 0.6 is 0 Å². The highest BCUT2D eigenvalue weighted by atomic mass is 16.5. The molecule has 2 aromatic carbocycles. The molecule has 1 fully saturated rings. The van der Waals surface area contributed by atoms with Crippen LogP contribution in [0.3, 0.4) is 0 Å². The van der Waals surface area contributed by atoms with Gasteiger partial charge in [0.05, 0.1) is 7.11 Å². The topological polar surface area (TPSA) is 26.3 Å². The summed E-state index contributed by atoms with van der Waals surface area (Å²) in [4.78, 5) is 12.2. The molecule has 1 atom stereocenters. The van der Waals surface area contributed by atoms with Crippen molar-refractivity contribution in [1.29, 1.82) is 0 Å². The van der Waals surface area contributed by atoms with Crippen LogP contribution in [-0.2, 0) is 4.79 Å². The molecule has 0 aromatic heterocycles. The zero-order valence-electron chi connectivity index (χ0n) is 11.2. The average molecular weight is 254 g/mol. The van der Waals surface area contributed by atoms with Crippen molar-refractivity contribution < 1.29 is 9.53 Å². The van der Waals surface area contributed by atoms with E-state index in [0.717, 1.165) is 42.2 Å². The molecule has 2 heteroatoms. The first-order valence-electron chi connectivity index (χ1n) is 6.89. The first kappa shape index (κ1) is 12.2. The van der Waals surface area contributed by atoms with Crippen LogP contribution in [0.2, 0.25) is 0 Å². The van der Waals surface area contributed by atoms with E-state index in [0.29, 0.717) is 5.78 Å². The van der Waals surface area contributed by atoms with E-state index in [-0.39, 0.29) is 5.92 Å². The number of methoxy groups -OCH3 is 1. The predicted octanol–water partition coefficient (Wildman–Crippen LogP) is 4.08. The van der Waals surface area contributed by atoms with Gasteiger partial charge in [0.2, 0.25) is 0 Å². The minimum atomic E-state index is 0.0737. The Hall–Kier alpha value is -1.83. The first-order valence-corrected chi connectivity index (χ1v) is 6.89. The van der Waals surface area contributed by atoms with E-state index >= 15 is 0 Å². The third-order valence-corrected chi connectivity index (χ3v) is 4.07. The molecule has 0 aliphatic heterocycles. The summed E-state index contributed by atoms with van der Waals surface area (Å²) < 4.78 is 5.41. The minimum Gasteiger partial charge on any atom is -0.496 e. The van der Waals surface area contributed by atoms with Gasteiger partial charge in [0, 0.05) is 17.7 Å². The molecule has 98 valence electrons. The Balaban J connectivity index is 2.16. The molecular formula is C17H18O2. The Morgan fingerprint density at radius 3 is 2.58 bits per heavy atom. The van der Waals surface area contributed by atoms with Gasteiger partial charge in [-0.1, -0.05) is 36.8 Å². The summed E-state index contributed by atoms with van der Waals surface area (Å²) >= 11 is 0. The Morgan fingerprint density at radius 1 is 1.05 bits per heavy atom. The van der Waals surface area contributed by atoms with Crippen molar-refractivity contribution in [3.05, 3.63) is 42.0 Å². The van der Waals surface area contributed by atoms with Crippen LogP contribution in [0.15, 0.2) is 36.4 Å². The maximum absolute atomic E-state index is 12.2. The van der Waals surface area contributed by atoms with Crippen molar-refractivity contribution in [2.24, 2.45) is 0 Å². The summed E-state index contributed by atoms with van der Waals surface area (Å²) in [7, 11) is 1.69. The fourth-order valence-electron chi connectivity index (χ4n) is 3.09. The molecule has 1 saturated carbocycles. The number of rotatable bonds is 2. The molecule has 2 aromatic rings. The van der Waals surface area contributed by atoms with E-state index in [1.807, 2.05) is 18.2 Å². The van der Waals surface area contributed by atoms with Crippen LogP contribution in [0, 0.1) is 0 Å². The third kappa shape index (κ3) is 2.12. The van der Waals surface area contributed by atoms with Gasteiger partial charge in [0.25, 0.3) is 0 Å². The molecule has 3 rings (SSSR count). The molecule has 0 amide bonds. The number of fused-ring (bicyclic) bond motifs is 1. The number of ketones is 1. The zero-order chi connectivity index (χ0) is 13.2. The van der Waals surface area contributed by atoms with E-state index in [4.69, 9.17) is 4.74 Å². The van der Waals surface area contributed by atoms with Crippen molar-refractivity contribution >= 4 is 16.6 Å². The average Bonchev–Trinajstić information content (AvgIpc) is 2.47. The standard InChI is InChI=1S/C17H18O2/c1-19-17-11-10-13(12-6-2-3-8-15(12)17)14-7-4-5-9-16(14)18/h2-3,6,8,10-11,14H,4-5,7,9H2,1H3. The summed E-state index contributed by atoms with van der Waals surface area (Å²) in [5.41, 5.74) is 1.17. The minimum absolute atomic E-state index is 0.0737. The fourth-order valence-corrected chi connectivity index (χ4v) is 3.09. The number of benzene rings is 2. The predicted molar refractivity (Wildman–Crippen MR) is 76.7 cm³/mol. The summed E-state index contributed by atoms with van der Waals surface area (Å²) in [6.07, 6.45) is 3.90. The third-order valence-electron chi connectivity index (χ3n) is 4.07. The molecule has 1 aliphatic carbocycles. The number of hydrogen-bond donors (Lipinski definition) is 0. The van der Waals surface area contributed by atoms with Crippen LogP contribution in [0.25, 0.3) is 10.8 Å². The van der Waals surface area contributed by atoms with E-state index in [2.05, 4.69) is 18.2 Å². The molecular weight excluding hydrogens is 236 g/mol. The van der Waals surface area contributed by atoms with Crippen molar-refractivity contribution in [2.45, 2.75) is 31.6 Å². The van der Waals surface area contributed by atoms with Crippen molar-refractivity contribution in [3.63, 3.8) is 0 Å². The summed E-state index contributed by atoms with van der Waals surface area (Å²) in [6, 6.07) is 12.2. The summed E-state index contributed by atoms with van der Waals surface area (Å²) in [6.45, 7) is 0. The molecule has 0 heterocycles. The normalized spacial score (nSPS) is 19.6. The van der Waals surface area contributed by atoms with Gasteiger partial charge in [0.15, 0.2) is 0 Å². The number of Topliss-reactive ketones (excluding diaryl/α,β-unsaturated/α-hetero) is 1. The summed E-state index contributed by atoms with van der Waals surface area (Å²) in [5, 5.41) is 2.25. The van der Waals surface area contributed by atoms with Gasteiger partial charge >= 0.3 is 0 Å². The van der Waals surface area contributed by atoms with Crippen molar-refractivity contribution in [1.82, 2.24) is 0 Å². The van der Waals surface area contributed by atoms with Crippen LogP contribution < -0.4 is 4.74 Å². The number of carbonyl (C=O) groups excluding carboxylic acids is 1. The van der Waals surface area contributed by atoms with Gasteiger partial charge in [0.1, 0.15) is 11.5 Å². The highest BCUT2D eigenvalue weighted by Gasteiger charge is 2.25. The Kier molecular flexibility index (Phi) is 3.24. The molecule has 0 N–H and O–H groups in total. The zero-order valence-corrected chi connectivity index (χ0v) is 11.2. The lowest BCUT2D eigenvalue weighted by Gasteiger charge is -2.22. The second-order valence-corrected chi connectivity index (χ2v) is 5.17. The van der Waals surface area contributed by atoms with Crippen LogP contribution in [0.1, 0.15) is 37.2 Å². The molecule has 19 heavy (non-hydrogen) atoms. The molecule has 0 spiro atoms. The molecule has 2 nitrogen and oxygen atoms in total. The monoisotopic (exact) mass is 254 g/mol. The molecule has 0 bridgehead atoms. The lowest BCUT2D eigenvalue weighted by molar-refractivity contribution is -0.121. The van der Waals surface area contributed by atoms with Crippen molar-refractivity contribution in [3.8, 4) is 5.75 Å². The largest absolute Gasteiger partial charge is 0.496 e. The highest BCUT2D eigenvalue weighted by Crippen LogP contribution is 2.37. The fraction of sp³-hybridized carbons (Fsp3) is 0.353. The molecule has 0 radical (unpaired) electrons. The van der Waals surface area contributed by atoms with E-state index in [1.54, 1.807) is 7.11 Å². The summed E-state index contributed by atoms with van der Waals surface area (Å²) in [5.74, 6) is 1.34. The Morgan fingerprint density at radius 2 is 1.84 bits per heavy atom. The van der Waals surface area contributed by atoms with Gasteiger partial charge in [-0.3, -0.25) is 4.79 Å². The van der Waals surface area contributed by atoms with Gasteiger partial charge in [-0.25, -0.2) is 0 Å². The van der Waals surface area contributed by atoms with E-state index in [9.17, 15) is 4.79 Å². The Labute approximate surface area is 113 Å². The van der Waals surface area contributed by atoms with Crippen molar-refractivity contribution in [2.75, 3.05) is 7.11 Å². The van der Waals surface area contributed by atoms with Gasteiger partial charge < -0.3 is 4.74 Å². The SMILES string of the molecule is COc1ccc(C2CCCCC2=O)c2ccccc12. The number of hydrogen-bond acceptors (Lipinski definition) is 2. The van der Waals surface area contributed by atoms with E-state index < -0.39 is 0 Å². The van der Waals surface area contributed by atoms with Crippen LogP contribution in [0.5, 0.6) is 5.75 Å². The number of ether oxygens (including phenoxy) is 1. The van der Waals surface area contributed by atoms with Crippen LogP contribution in [0.4, 0.5) is 0 Å². The maximum atomic E-state index is 12.2. The lowest BCUT2D eigenvalue weighted by Crippen LogP contribution is -2.17. The van der Waals surface area contributed by atoms with Crippen LogP contribution in [-0.4, -0.2) is 12.9 Å². The lowest BCUT2D eigenvalue weighted by atomic mass is 9.81. The second-order valence-electron chi connectivity index (χ2n) is 5.17. The smallest absolute Gasteiger partial charge is 0.140 e. The quantitative estimate of drug-likeness (QED) is 0.807. The second kappa shape index (κ2) is 5.04. The van der Waals surface area contributed by atoms with Gasteiger partial charge in [-0.05, 0) is 29.9 Å². The Bertz CT molecular complexity index is 616. The molecule has 1 aliphatic rings. The van der Waals surface area contributed by atoms with E-state index in [1.165, 1.54) is 5.56 Å². The van der Waals surface area contributed by atoms with Gasteiger partial charge in [-0.15, -0.1) is 0 Å². The molecule has 0 saturated heterocycles. The molecule has 1 unspecified atom stereocenters. The van der Waals surface area contributed by atoms with Gasteiger partial charge in [-0.2, -0.15) is 0 Å². The maximum Gasteiger partial charge on any atom is 0.140 e. The number of carbonyl (C=O) groups is 1. The highest BCUT2D eigenvalue weighted by molar-refractivity contribution is 5.96. The first-order chi connectivity index (χ1) is 9.31.